The first-order valence-corrected chi connectivity index (χ1v) is 11.7. The van der Waals surface area contributed by atoms with Gasteiger partial charge >= 0.3 is 0 Å². The van der Waals surface area contributed by atoms with E-state index in [0.717, 1.165) is 29.2 Å². The number of hydrogen-bond donors (Lipinski definition) is 0. The molecule has 7 heteroatoms. The van der Waals surface area contributed by atoms with Crippen molar-refractivity contribution in [3.8, 4) is 17.2 Å². The summed E-state index contributed by atoms with van der Waals surface area (Å²) in [6.45, 7) is 1.02. The van der Waals surface area contributed by atoms with E-state index in [9.17, 15) is 4.79 Å². The Kier molecular flexibility index (Phi) is 7.65. The minimum Gasteiger partial charge on any atom is -0.493 e. The van der Waals surface area contributed by atoms with Gasteiger partial charge in [0.1, 0.15) is 5.75 Å². The van der Waals surface area contributed by atoms with Crippen LogP contribution in [0.1, 0.15) is 12.0 Å². The number of carbonyl (C=O) groups is 1. The number of amides is 1. The average Bonchev–Trinajstić information content (AvgIpc) is 3.12. The highest BCUT2D eigenvalue weighted by atomic mass is 32.2. The Morgan fingerprint density at radius 1 is 0.909 bits per heavy atom. The number of methoxy groups -OCH3 is 1. The second-order valence-electron chi connectivity index (χ2n) is 7.13. The minimum atomic E-state index is -0.115. The molecule has 4 rings (SSSR count). The van der Waals surface area contributed by atoms with Gasteiger partial charge in [-0.25, -0.2) is 0 Å². The Morgan fingerprint density at radius 3 is 2.42 bits per heavy atom. The van der Waals surface area contributed by atoms with E-state index in [2.05, 4.69) is 0 Å². The molecule has 0 N–H and O–H groups in total. The van der Waals surface area contributed by atoms with Gasteiger partial charge < -0.3 is 14.2 Å². The van der Waals surface area contributed by atoms with Gasteiger partial charge in [0.25, 0.3) is 5.91 Å². The summed E-state index contributed by atoms with van der Waals surface area (Å²) in [4.78, 5) is 15.1. The quantitative estimate of drug-likeness (QED) is 0.216. The fraction of sp³-hybridized carbons (Fsp3) is 0.154. The first-order chi connectivity index (χ1) is 16.2. The monoisotopic (exact) mass is 477 g/mol. The van der Waals surface area contributed by atoms with Crippen LogP contribution >= 0.6 is 24.0 Å². The zero-order valence-corrected chi connectivity index (χ0v) is 19.7. The number of anilines is 1. The van der Waals surface area contributed by atoms with Crippen LogP contribution < -0.4 is 19.1 Å². The summed E-state index contributed by atoms with van der Waals surface area (Å²) in [5.74, 6) is 2.05. The van der Waals surface area contributed by atoms with Crippen molar-refractivity contribution in [1.82, 2.24) is 0 Å². The Bertz CT molecular complexity index is 1160. The number of ether oxygens (including phenoxy) is 3. The van der Waals surface area contributed by atoms with Crippen molar-refractivity contribution in [3.05, 3.63) is 89.3 Å². The van der Waals surface area contributed by atoms with Crippen LogP contribution in [0.3, 0.4) is 0 Å². The second-order valence-corrected chi connectivity index (χ2v) is 8.80. The summed E-state index contributed by atoms with van der Waals surface area (Å²) >= 11 is 6.74. The number of nitrogens with zero attached hydrogens (tertiary/aromatic N) is 1. The molecule has 0 spiro atoms. The van der Waals surface area contributed by atoms with E-state index < -0.39 is 0 Å². The lowest BCUT2D eigenvalue weighted by molar-refractivity contribution is -0.113. The molecule has 33 heavy (non-hydrogen) atoms. The van der Waals surface area contributed by atoms with Crippen LogP contribution in [-0.2, 0) is 4.79 Å². The van der Waals surface area contributed by atoms with E-state index in [-0.39, 0.29) is 5.91 Å². The first-order valence-electron chi connectivity index (χ1n) is 10.5. The summed E-state index contributed by atoms with van der Waals surface area (Å²) < 4.78 is 17.5. The zero-order chi connectivity index (χ0) is 23.0. The predicted octanol–water partition coefficient (Wildman–Crippen LogP) is 5.95. The fourth-order valence-corrected chi connectivity index (χ4v) is 4.58. The third-order valence-electron chi connectivity index (χ3n) is 4.85. The lowest BCUT2D eigenvalue weighted by atomic mass is 10.2. The average molecular weight is 478 g/mol. The van der Waals surface area contributed by atoms with Gasteiger partial charge in [-0.1, -0.05) is 66.4 Å². The number of carbonyl (C=O) groups excluding carboxylic acids is 1. The molecule has 168 valence electrons. The minimum absolute atomic E-state index is 0.115. The van der Waals surface area contributed by atoms with Crippen molar-refractivity contribution in [2.45, 2.75) is 6.42 Å². The van der Waals surface area contributed by atoms with Gasteiger partial charge in [0.05, 0.1) is 30.9 Å². The summed E-state index contributed by atoms with van der Waals surface area (Å²) in [6, 6.07) is 24.6. The molecule has 0 unspecified atom stereocenters. The summed E-state index contributed by atoms with van der Waals surface area (Å²) in [5.41, 5.74) is 1.65. The van der Waals surface area contributed by atoms with Crippen LogP contribution in [-0.4, -0.2) is 30.6 Å². The highest BCUT2D eigenvalue weighted by Crippen LogP contribution is 2.36. The largest absolute Gasteiger partial charge is 0.493 e. The van der Waals surface area contributed by atoms with Gasteiger partial charge in [-0.05, 0) is 48.0 Å². The van der Waals surface area contributed by atoms with Crippen molar-refractivity contribution in [2.75, 3.05) is 25.2 Å². The maximum absolute atomic E-state index is 12.9. The number of rotatable bonds is 9. The van der Waals surface area contributed by atoms with Crippen molar-refractivity contribution in [3.63, 3.8) is 0 Å². The Labute approximate surface area is 203 Å². The SMILES string of the molecule is COc1ccccc1OCCCOc1cccc(C=C2SC(=S)N(c3ccccc3)C2=O)c1. The van der Waals surface area contributed by atoms with Crippen LogP contribution in [0.15, 0.2) is 83.8 Å². The summed E-state index contributed by atoms with van der Waals surface area (Å²) in [6.07, 6.45) is 2.57. The van der Waals surface area contributed by atoms with E-state index in [1.165, 1.54) is 11.8 Å². The van der Waals surface area contributed by atoms with Gasteiger partial charge in [-0.15, -0.1) is 0 Å². The van der Waals surface area contributed by atoms with Gasteiger partial charge in [0, 0.05) is 6.42 Å². The standard InChI is InChI=1S/C26H23NO4S2/c1-29-22-13-5-6-14-23(22)31-16-8-15-30-21-12-7-9-19(17-21)18-24-25(28)27(26(32)33-24)20-10-3-2-4-11-20/h2-7,9-14,17-18H,8,15-16H2,1H3. The van der Waals surface area contributed by atoms with Crippen molar-refractivity contribution >= 4 is 46.0 Å². The third kappa shape index (κ3) is 5.74. The fourth-order valence-electron chi connectivity index (χ4n) is 3.28. The second kappa shape index (κ2) is 11.0. The zero-order valence-electron chi connectivity index (χ0n) is 18.1. The molecule has 1 saturated heterocycles. The molecule has 1 aliphatic heterocycles. The number of thiocarbonyl (C=S) groups is 1. The third-order valence-corrected chi connectivity index (χ3v) is 6.15. The van der Waals surface area contributed by atoms with Gasteiger partial charge in [-0.2, -0.15) is 0 Å². The van der Waals surface area contributed by atoms with Crippen molar-refractivity contribution < 1.29 is 19.0 Å². The molecule has 0 radical (unpaired) electrons. The molecule has 0 bridgehead atoms. The molecular formula is C26H23NO4S2. The summed E-state index contributed by atoms with van der Waals surface area (Å²) in [7, 11) is 1.62. The Hall–Kier alpha value is -3.29. The first kappa shape index (κ1) is 22.9. The molecule has 1 aliphatic rings. The van der Waals surface area contributed by atoms with Gasteiger partial charge in [-0.3, -0.25) is 9.69 Å². The van der Waals surface area contributed by atoms with E-state index >= 15 is 0 Å². The maximum Gasteiger partial charge on any atom is 0.270 e. The van der Waals surface area contributed by atoms with Gasteiger partial charge in [0.15, 0.2) is 15.8 Å². The number of benzene rings is 3. The summed E-state index contributed by atoms with van der Waals surface area (Å²) in [5, 5.41) is 0. The lowest BCUT2D eigenvalue weighted by Gasteiger charge is -2.13. The van der Waals surface area contributed by atoms with Crippen LogP contribution in [0.5, 0.6) is 17.2 Å². The molecule has 0 aliphatic carbocycles. The lowest BCUT2D eigenvalue weighted by Crippen LogP contribution is -2.27. The number of thioether (sulfide) groups is 1. The van der Waals surface area contributed by atoms with Crippen molar-refractivity contribution in [1.29, 1.82) is 0 Å². The smallest absolute Gasteiger partial charge is 0.270 e. The van der Waals surface area contributed by atoms with Crippen LogP contribution in [0.2, 0.25) is 0 Å². The molecular weight excluding hydrogens is 454 g/mol. The Balaban J connectivity index is 1.33. The molecule has 3 aromatic carbocycles. The van der Waals surface area contributed by atoms with Crippen molar-refractivity contribution in [2.24, 2.45) is 0 Å². The molecule has 0 saturated carbocycles. The molecule has 1 amide bonds. The predicted molar refractivity (Wildman–Crippen MR) is 137 cm³/mol. The molecule has 1 heterocycles. The highest BCUT2D eigenvalue weighted by molar-refractivity contribution is 8.27. The number of hydrogen-bond acceptors (Lipinski definition) is 6. The maximum atomic E-state index is 12.9. The van der Waals surface area contributed by atoms with Crippen LogP contribution in [0.4, 0.5) is 5.69 Å². The molecule has 0 aromatic heterocycles. The normalized spacial score (nSPS) is 14.6. The highest BCUT2D eigenvalue weighted by Gasteiger charge is 2.33. The van der Waals surface area contributed by atoms with Crippen LogP contribution in [0, 0.1) is 0 Å². The molecule has 5 nitrogen and oxygen atoms in total. The van der Waals surface area contributed by atoms with Crippen LogP contribution in [0.25, 0.3) is 6.08 Å². The van der Waals surface area contributed by atoms with E-state index in [0.29, 0.717) is 28.2 Å². The number of para-hydroxylation sites is 3. The van der Waals surface area contributed by atoms with E-state index in [1.807, 2.05) is 84.9 Å². The van der Waals surface area contributed by atoms with E-state index in [4.69, 9.17) is 26.4 Å². The topological polar surface area (TPSA) is 48.0 Å². The molecule has 1 fully saturated rings. The molecule has 3 aromatic rings. The molecule has 0 atom stereocenters. The Morgan fingerprint density at radius 2 is 1.64 bits per heavy atom. The van der Waals surface area contributed by atoms with Gasteiger partial charge in [0.2, 0.25) is 0 Å². The van der Waals surface area contributed by atoms with E-state index in [1.54, 1.807) is 12.0 Å².